The van der Waals surface area contributed by atoms with E-state index in [0.29, 0.717) is 5.92 Å². The van der Waals surface area contributed by atoms with Crippen molar-refractivity contribution >= 4 is 0 Å². The fourth-order valence-electron chi connectivity index (χ4n) is 2.15. The Labute approximate surface area is 88.9 Å². The van der Waals surface area contributed by atoms with Gasteiger partial charge in [-0.25, -0.2) is 9.89 Å². The van der Waals surface area contributed by atoms with Crippen LogP contribution < -0.4 is 11.0 Å². The molecule has 2 N–H and O–H groups in total. The maximum absolute atomic E-state index is 11.5. The van der Waals surface area contributed by atoms with Gasteiger partial charge in [-0.3, -0.25) is 4.57 Å². The van der Waals surface area contributed by atoms with Gasteiger partial charge in [0.2, 0.25) is 0 Å². The van der Waals surface area contributed by atoms with Crippen LogP contribution in [0.5, 0.6) is 0 Å². The van der Waals surface area contributed by atoms with Gasteiger partial charge in [0, 0.05) is 19.0 Å². The third kappa shape index (κ3) is 2.12. The van der Waals surface area contributed by atoms with Gasteiger partial charge in [0.25, 0.3) is 0 Å². The fraction of sp³-hybridized carbons (Fsp3) is 0.800. The van der Waals surface area contributed by atoms with Gasteiger partial charge < -0.3 is 5.32 Å². The van der Waals surface area contributed by atoms with E-state index in [2.05, 4.69) is 22.4 Å². The molecule has 0 aromatic carbocycles. The lowest BCUT2D eigenvalue weighted by atomic mass is 9.99. The van der Waals surface area contributed by atoms with Crippen molar-refractivity contribution in [3.63, 3.8) is 0 Å². The van der Waals surface area contributed by atoms with Crippen LogP contribution in [0.15, 0.2) is 4.79 Å². The lowest BCUT2D eigenvalue weighted by molar-refractivity contribution is 0.429. The second-order valence-electron chi connectivity index (χ2n) is 4.08. The molecule has 1 aliphatic rings. The topological polar surface area (TPSA) is 62.7 Å². The van der Waals surface area contributed by atoms with E-state index < -0.39 is 0 Å². The van der Waals surface area contributed by atoms with Crippen LogP contribution in [-0.4, -0.2) is 27.9 Å². The van der Waals surface area contributed by atoms with Crippen molar-refractivity contribution in [3.8, 4) is 0 Å². The summed E-state index contributed by atoms with van der Waals surface area (Å²) in [6.07, 6.45) is 3.26. The number of rotatable bonds is 3. The standard InChI is InChI=1S/C10H18N4O/c1-2-6-14-9(12-13-10(14)15)8-4-3-5-11-7-8/h8,11H,2-7H2,1H3,(H,13,15). The number of piperidine rings is 1. The van der Waals surface area contributed by atoms with Gasteiger partial charge in [-0.15, -0.1) is 0 Å². The number of aromatic nitrogens is 3. The summed E-state index contributed by atoms with van der Waals surface area (Å²) in [7, 11) is 0. The third-order valence-corrected chi connectivity index (χ3v) is 2.90. The van der Waals surface area contributed by atoms with Crippen molar-refractivity contribution in [2.45, 2.75) is 38.6 Å². The van der Waals surface area contributed by atoms with E-state index in [1.165, 1.54) is 0 Å². The molecule has 5 heteroatoms. The zero-order valence-corrected chi connectivity index (χ0v) is 9.12. The largest absolute Gasteiger partial charge is 0.343 e. The lowest BCUT2D eigenvalue weighted by Crippen LogP contribution is -2.31. The maximum Gasteiger partial charge on any atom is 0.343 e. The van der Waals surface area contributed by atoms with Crippen LogP contribution in [0, 0.1) is 0 Å². The van der Waals surface area contributed by atoms with Crippen LogP contribution in [0.1, 0.15) is 37.9 Å². The first-order chi connectivity index (χ1) is 7.33. The van der Waals surface area contributed by atoms with Crippen molar-refractivity contribution in [3.05, 3.63) is 16.3 Å². The summed E-state index contributed by atoms with van der Waals surface area (Å²) < 4.78 is 1.78. The van der Waals surface area contributed by atoms with Crippen LogP contribution >= 0.6 is 0 Å². The number of nitrogens with one attached hydrogen (secondary N) is 2. The molecule has 1 aromatic rings. The summed E-state index contributed by atoms with van der Waals surface area (Å²) in [5.41, 5.74) is -0.0718. The van der Waals surface area contributed by atoms with E-state index in [4.69, 9.17) is 0 Å². The van der Waals surface area contributed by atoms with Crippen molar-refractivity contribution in [2.75, 3.05) is 13.1 Å². The van der Waals surface area contributed by atoms with E-state index >= 15 is 0 Å². The Balaban J connectivity index is 2.22. The number of hydrogen-bond donors (Lipinski definition) is 2. The second-order valence-corrected chi connectivity index (χ2v) is 4.08. The molecule has 1 atom stereocenters. The average Bonchev–Trinajstić information content (AvgIpc) is 2.63. The Hall–Kier alpha value is -1.10. The molecule has 2 rings (SSSR count). The lowest BCUT2D eigenvalue weighted by Gasteiger charge is -2.22. The highest BCUT2D eigenvalue weighted by Crippen LogP contribution is 2.20. The Bertz CT molecular complexity index is 362. The molecular weight excluding hydrogens is 192 g/mol. The molecule has 1 saturated heterocycles. The minimum atomic E-state index is -0.0718. The normalized spacial score (nSPS) is 21.8. The minimum absolute atomic E-state index is 0.0718. The van der Waals surface area contributed by atoms with E-state index in [1.54, 1.807) is 4.57 Å². The molecule has 84 valence electrons. The van der Waals surface area contributed by atoms with Gasteiger partial charge in [0.05, 0.1) is 0 Å². The van der Waals surface area contributed by atoms with Crippen LogP contribution in [0.25, 0.3) is 0 Å². The average molecular weight is 210 g/mol. The zero-order valence-electron chi connectivity index (χ0n) is 9.12. The molecule has 1 aliphatic heterocycles. The molecule has 2 heterocycles. The van der Waals surface area contributed by atoms with Crippen molar-refractivity contribution in [1.29, 1.82) is 0 Å². The molecule has 0 amide bonds. The maximum atomic E-state index is 11.5. The quantitative estimate of drug-likeness (QED) is 0.761. The summed E-state index contributed by atoms with van der Waals surface area (Å²) >= 11 is 0. The molecule has 0 saturated carbocycles. The smallest absolute Gasteiger partial charge is 0.316 e. The number of aromatic amines is 1. The van der Waals surface area contributed by atoms with Gasteiger partial charge in [0.15, 0.2) is 0 Å². The molecule has 1 aromatic heterocycles. The fourth-order valence-corrected chi connectivity index (χ4v) is 2.15. The molecule has 1 fully saturated rings. The molecule has 0 spiro atoms. The highest BCUT2D eigenvalue weighted by Gasteiger charge is 2.21. The summed E-state index contributed by atoms with van der Waals surface area (Å²) in [5.74, 6) is 1.32. The molecule has 5 nitrogen and oxygen atoms in total. The number of hydrogen-bond acceptors (Lipinski definition) is 3. The first kappa shape index (κ1) is 10.4. The second kappa shape index (κ2) is 4.61. The van der Waals surface area contributed by atoms with Crippen LogP contribution in [0.4, 0.5) is 0 Å². The van der Waals surface area contributed by atoms with Crippen LogP contribution in [-0.2, 0) is 6.54 Å². The SMILES string of the molecule is CCCn1c(C2CCCNC2)n[nH]c1=O. The summed E-state index contributed by atoms with van der Waals surface area (Å²) in [5, 5.41) is 10.0. The highest BCUT2D eigenvalue weighted by molar-refractivity contribution is 4.99. The Morgan fingerprint density at radius 2 is 2.47 bits per heavy atom. The van der Waals surface area contributed by atoms with Gasteiger partial charge in [-0.1, -0.05) is 6.92 Å². The molecule has 0 radical (unpaired) electrons. The van der Waals surface area contributed by atoms with Gasteiger partial charge in [0.1, 0.15) is 5.82 Å². The van der Waals surface area contributed by atoms with E-state index in [-0.39, 0.29) is 5.69 Å². The zero-order chi connectivity index (χ0) is 10.7. The van der Waals surface area contributed by atoms with E-state index in [0.717, 1.165) is 44.7 Å². The van der Waals surface area contributed by atoms with Crippen LogP contribution in [0.2, 0.25) is 0 Å². The minimum Gasteiger partial charge on any atom is -0.316 e. The molecule has 1 unspecified atom stereocenters. The van der Waals surface area contributed by atoms with Gasteiger partial charge >= 0.3 is 5.69 Å². The monoisotopic (exact) mass is 210 g/mol. The first-order valence-corrected chi connectivity index (χ1v) is 5.68. The van der Waals surface area contributed by atoms with Gasteiger partial charge in [-0.05, 0) is 25.8 Å². The van der Waals surface area contributed by atoms with Crippen molar-refractivity contribution in [2.24, 2.45) is 0 Å². The van der Waals surface area contributed by atoms with Crippen LogP contribution in [0.3, 0.4) is 0 Å². The molecule has 0 bridgehead atoms. The molecule has 15 heavy (non-hydrogen) atoms. The third-order valence-electron chi connectivity index (χ3n) is 2.90. The summed E-state index contributed by atoms with van der Waals surface area (Å²) in [6, 6.07) is 0. The molecular formula is C10H18N4O. The molecule has 0 aliphatic carbocycles. The van der Waals surface area contributed by atoms with Gasteiger partial charge in [-0.2, -0.15) is 5.10 Å². The Morgan fingerprint density at radius 1 is 1.60 bits per heavy atom. The predicted molar refractivity (Wildman–Crippen MR) is 58.0 cm³/mol. The summed E-state index contributed by atoms with van der Waals surface area (Å²) in [4.78, 5) is 11.5. The first-order valence-electron chi connectivity index (χ1n) is 5.68. The number of nitrogens with zero attached hydrogens (tertiary/aromatic N) is 2. The highest BCUT2D eigenvalue weighted by atomic mass is 16.1. The Morgan fingerprint density at radius 3 is 3.13 bits per heavy atom. The van der Waals surface area contributed by atoms with E-state index in [9.17, 15) is 4.79 Å². The van der Waals surface area contributed by atoms with E-state index in [1.807, 2.05) is 0 Å². The Kier molecular flexibility index (Phi) is 3.20. The predicted octanol–water partition coefficient (Wildman–Crippen LogP) is 0.448. The number of H-pyrrole nitrogens is 1. The summed E-state index contributed by atoms with van der Waals surface area (Å²) in [6.45, 7) is 4.86. The van der Waals surface area contributed by atoms with Crippen molar-refractivity contribution < 1.29 is 0 Å². The van der Waals surface area contributed by atoms with Crippen molar-refractivity contribution in [1.82, 2.24) is 20.1 Å².